The maximum Gasteiger partial charge on any atom is 0.0575 e. The number of nitrogens with zero attached hydrogens (tertiary/aromatic N) is 1. The molecule has 68 valence electrons. The predicted octanol–water partition coefficient (Wildman–Crippen LogP) is 2.76. The van der Waals surface area contributed by atoms with Crippen molar-refractivity contribution in [2.24, 2.45) is 0 Å². The minimum Gasteiger partial charge on any atom is -0.256 e. The molecule has 0 aliphatic heterocycles. The Kier molecular flexibility index (Phi) is 3.85. The fourth-order valence-electron chi connectivity index (χ4n) is 1.10. The van der Waals surface area contributed by atoms with E-state index in [9.17, 15) is 0 Å². The van der Waals surface area contributed by atoms with E-state index in [0.717, 1.165) is 5.44 Å². The summed E-state index contributed by atoms with van der Waals surface area (Å²) in [7, 11) is 2.59. The minimum atomic E-state index is 0.990. The van der Waals surface area contributed by atoms with Gasteiger partial charge in [-0.1, -0.05) is 47.4 Å². The van der Waals surface area contributed by atoms with Gasteiger partial charge in [-0.3, -0.25) is 4.98 Å². The summed E-state index contributed by atoms with van der Waals surface area (Å²) < 4.78 is 0. The third-order valence-corrected chi connectivity index (χ3v) is 1.97. The fraction of sp³-hybridized carbons (Fsp3) is 0.182. The maximum absolute atomic E-state index is 4.17. The van der Waals surface area contributed by atoms with Crippen molar-refractivity contribution in [1.82, 2.24) is 4.98 Å². The molecule has 0 radical (unpaired) electrons. The second kappa shape index (κ2) is 4.94. The summed E-state index contributed by atoms with van der Waals surface area (Å²) in [5, 5.41) is 2.44. The van der Waals surface area contributed by atoms with Crippen molar-refractivity contribution in [2.75, 3.05) is 0 Å². The molecule has 0 aliphatic rings. The van der Waals surface area contributed by atoms with E-state index in [2.05, 4.69) is 32.4 Å². The van der Waals surface area contributed by atoms with Crippen LogP contribution in [0.1, 0.15) is 13.8 Å². The molecular formula is C11H14NP. The quantitative estimate of drug-likeness (QED) is 0.583. The summed E-state index contributed by atoms with van der Waals surface area (Å²) in [6.45, 7) is 4.00. The largest absolute Gasteiger partial charge is 0.256 e. The Bertz CT molecular complexity index is 385. The van der Waals surface area contributed by atoms with Crippen molar-refractivity contribution in [3.05, 3.63) is 36.5 Å². The van der Waals surface area contributed by atoms with Crippen molar-refractivity contribution in [2.45, 2.75) is 13.8 Å². The zero-order chi connectivity index (χ0) is 9.68. The molecule has 1 atom stereocenters. The van der Waals surface area contributed by atoms with Crippen LogP contribution in [0.3, 0.4) is 0 Å². The molecule has 1 aromatic carbocycles. The third kappa shape index (κ3) is 2.50. The van der Waals surface area contributed by atoms with E-state index in [1.807, 2.05) is 32.2 Å². The van der Waals surface area contributed by atoms with Gasteiger partial charge in [0.2, 0.25) is 0 Å². The molecular weight excluding hydrogens is 177 g/mol. The molecule has 0 N–H and O–H groups in total. The molecule has 1 aromatic heterocycles. The van der Waals surface area contributed by atoms with Gasteiger partial charge in [-0.2, -0.15) is 0 Å². The normalized spacial score (nSPS) is 9.15. The molecule has 0 aliphatic carbocycles. The second-order valence-electron chi connectivity index (χ2n) is 2.46. The zero-order valence-electron chi connectivity index (χ0n) is 7.99. The monoisotopic (exact) mass is 191 g/mol. The summed E-state index contributed by atoms with van der Waals surface area (Å²) in [6.07, 6.45) is 1.89. The number of benzene rings is 1. The Morgan fingerprint density at radius 2 is 1.69 bits per heavy atom. The highest BCUT2D eigenvalue weighted by molar-refractivity contribution is 7.26. The SMILES string of the molecule is CC.Pc1cc2ccccc2cn1. The summed E-state index contributed by atoms with van der Waals surface area (Å²) in [4.78, 5) is 4.17. The second-order valence-corrected chi connectivity index (χ2v) is 3.05. The smallest absolute Gasteiger partial charge is 0.0575 e. The van der Waals surface area contributed by atoms with Gasteiger partial charge in [-0.25, -0.2) is 0 Å². The van der Waals surface area contributed by atoms with Gasteiger partial charge >= 0.3 is 0 Å². The van der Waals surface area contributed by atoms with E-state index < -0.39 is 0 Å². The lowest BCUT2D eigenvalue weighted by atomic mass is 10.2. The van der Waals surface area contributed by atoms with E-state index in [4.69, 9.17) is 0 Å². The van der Waals surface area contributed by atoms with Gasteiger partial charge in [-0.15, -0.1) is 0 Å². The first-order valence-electron chi connectivity index (χ1n) is 4.46. The van der Waals surface area contributed by atoms with Gasteiger partial charge in [0.05, 0.1) is 5.44 Å². The van der Waals surface area contributed by atoms with Gasteiger partial charge in [0.1, 0.15) is 0 Å². The van der Waals surface area contributed by atoms with Crippen molar-refractivity contribution >= 4 is 25.4 Å². The molecule has 1 unspecified atom stereocenters. The average molecular weight is 191 g/mol. The highest BCUT2D eigenvalue weighted by atomic mass is 31.0. The van der Waals surface area contributed by atoms with Crippen LogP contribution in [0.5, 0.6) is 0 Å². The lowest BCUT2D eigenvalue weighted by Gasteiger charge is -1.95. The molecule has 0 fully saturated rings. The molecule has 13 heavy (non-hydrogen) atoms. The molecule has 0 spiro atoms. The summed E-state index contributed by atoms with van der Waals surface area (Å²) in [5.74, 6) is 0. The van der Waals surface area contributed by atoms with Crippen LogP contribution in [-0.2, 0) is 0 Å². The van der Waals surface area contributed by atoms with Gasteiger partial charge in [-0.05, 0) is 11.5 Å². The van der Waals surface area contributed by atoms with Gasteiger partial charge < -0.3 is 0 Å². The molecule has 2 heteroatoms. The van der Waals surface area contributed by atoms with E-state index in [0.29, 0.717) is 0 Å². The standard InChI is InChI=1S/C9H8NP.C2H6/c11-9-5-7-3-1-2-4-8(7)6-10-9;1-2/h1-6H,11H2;1-2H3. The Labute approximate surface area is 81.4 Å². The van der Waals surface area contributed by atoms with Crippen molar-refractivity contribution < 1.29 is 0 Å². The Morgan fingerprint density at radius 1 is 1.08 bits per heavy atom. The van der Waals surface area contributed by atoms with Gasteiger partial charge in [0.25, 0.3) is 0 Å². The maximum atomic E-state index is 4.17. The number of pyridine rings is 1. The number of fused-ring (bicyclic) bond motifs is 1. The van der Waals surface area contributed by atoms with Crippen LogP contribution < -0.4 is 5.44 Å². The summed E-state index contributed by atoms with van der Waals surface area (Å²) in [5.41, 5.74) is 0.990. The molecule has 2 rings (SSSR count). The Hall–Kier alpha value is -0.940. The Balaban J connectivity index is 0.000000396. The van der Waals surface area contributed by atoms with Crippen LogP contribution >= 0.6 is 9.24 Å². The van der Waals surface area contributed by atoms with Gasteiger partial charge in [0.15, 0.2) is 0 Å². The van der Waals surface area contributed by atoms with Crippen LogP contribution in [0.15, 0.2) is 36.5 Å². The van der Waals surface area contributed by atoms with Gasteiger partial charge in [0, 0.05) is 11.6 Å². The summed E-state index contributed by atoms with van der Waals surface area (Å²) in [6, 6.07) is 10.3. The summed E-state index contributed by atoms with van der Waals surface area (Å²) >= 11 is 0. The molecule has 1 nitrogen and oxygen atoms in total. The minimum absolute atomic E-state index is 0.990. The molecule has 1 heterocycles. The van der Waals surface area contributed by atoms with Crippen LogP contribution in [0, 0.1) is 0 Å². The lowest BCUT2D eigenvalue weighted by Crippen LogP contribution is -1.94. The first kappa shape index (κ1) is 10.1. The van der Waals surface area contributed by atoms with Crippen LogP contribution in [0.25, 0.3) is 10.8 Å². The predicted molar refractivity (Wildman–Crippen MR) is 62.4 cm³/mol. The van der Waals surface area contributed by atoms with Crippen LogP contribution in [0.4, 0.5) is 0 Å². The van der Waals surface area contributed by atoms with E-state index >= 15 is 0 Å². The molecule has 0 saturated carbocycles. The average Bonchev–Trinajstić information content (AvgIpc) is 2.21. The molecule has 0 amide bonds. The highest BCUT2D eigenvalue weighted by Gasteiger charge is 1.90. The van der Waals surface area contributed by atoms with Crippen molar-refractivity contribution in [3.8, 4) is 0 Å². The lowest BCUT2D eigenvalue weighted by molar-refractivity contribution is 1.43. The van der Waals surface area contributed by atoms with E-state index in [-0.39, 0.29) is 0 Å². The highest BCUT2D eigenvalue weighted by Crippen LogP contribution is 2.09. The first-order valence-corrected chi connectivity index (χ1v) is 5.04. The third-order valence-electron chi connectivity index (χ3n) is 1.65. The van der Waals surface area contributed by atoms with E-state index in [1.54, 1.807) is 0 Å². The molecule has 0 bridgehead atoms. The Morgan fingerprint density at radius 3 is 2.38 bits per heavy atom. The number of hydrogen-bond donors (Lipinski definition) is 0. The zero-order valence-corrected chi connectivity index (χ0v) is 9.14. The van der Waals surface area contributed by atoms with E-state index in [1.165, 1.54) is 10.8 Å². The van der Waals surface area contributed by atoms with Crippen molar-refractivity contribution in [1.29, 1.82) is 0 Å². The number of hydrogen-bond acceptors (Lipinski definition) is 1. The fourth-order valence-corrected chi connectivity index (χ4v) is 1.35. The topological polar surface area (TPSA) is 12.9 Å². The first-order chi connectivity index (χ1) is 6.36. The number of aromatic nitrogens is 1. The van der Waals surface area contributed by atoms with Crippen molar-refractivity contribution in [3.63, 3.8) is 0 Å². The van der Waals surface area contributed by atoms with Crippen LogP contribution in [0.2, 0.25) is 0 Å². The number of rotatable bonds is 0. The molecule has 2 aromatic rings. The van der Waals surface area contributed by atoms with Crippen LogP contribution in [-0.4, -0.2) is 4.98 Å². The molecule has 0 saturated heterocycles.